The Bertz CT molecular complexity index is 2160. The van der Waals surface area contributed by atoms with Crippen LogP contribution in [0.25, 0.3) is 32.7 Å². The van der Waals surface area contributed by atoms with E-state index >= 15 is 0 Å². The summed E-state index contributed by atoms with van der Waals surface area (Å²) >= 11 is 0. The first-order valence-corrected chi connectivity index (χ1v) is 16.5. The van der Waals surface area contributed by atoms with E-state index in [0.29, 0.717) is 78.5 Å². The predicted molar refractivity (Wildman–Crippen MR) is 204 cm³/mol. The zero-order valence-corrected chi connectivity index (χ0v) is 30.3. The minimum atomic E-state index is -0.372. The van der Waals surface area contributed by atoms with Crippen molar-refractivity contribution in [2.24, 2.45) is 0 Å². The number of hydrogen-bond donors (Lipinski definition) is 2. The number of aryl methyl sites for hydroxylation is 2. The van der Waals surface area contributed by atoms with Gasteiger partial charge in [0.15, 0.2) is 23.0 Å². The number of rotatable bonds is 11. The second-order valence-corrected chi connectivity index (χ2v) is 12.0. The number of nitrogens with one attached hydrogen (secondary N) is 2. The van der Waals surface area contributed by atoms with E-state index in [1.165, 1.54) is 28.4 Å². The van der Waals surface area contributed by atoms with Crippen molar-refractivity contribution in [3.63, 3.8) is 0 Å². The highest BCUT2D eigenvalue weighted by molar-refractivity contribution is 6.20. The van der Waals surface area contributed by atoms with Gasteiger partial charge < -0.3 is 39.1 Å². The number of carbonyl (C=O) groups excluding carboxylic acids is 2. The Hall–Kier alpha value is -6.42. The van der Waals surface area contributed by atoms with Crippen molar-refractivity contribution >= 4 is 44.7 Å². The van der Waals surface area contributed by atoms with Crippen molar-refractivity contribution in [2.75, 3.05) is 53.3 Å². The maximum Gasteiger partial charge on any atom is 0.260 e. The van der Waals surface area contributed by atoms with Crippen LogP contribution in [0.4, 0.5) is 11.4 Å². The lowest BCUT2D eigenvalue weighted by atomic mass is 9.87. The highest BCUT2D eigenvalue weighted by Crippen LogP contribution is 2.52. The highest BCUT2D eigenvalue weighted by Gasteiger charge is 2.30. The van der Waals surface area contributed by atoms with Crippen LogP contribution in [0.2, 0.25) is 0 Å². The summed E-state index contributed by atoms with van der Waals surface area (Å²) in [6.45, 7) is 3.90. The van der Waals surface area contributed by atoms with Crippen molar-refractivity contribution in [2.45, 2.75) is 13.8 Å². The Balaban J connectivity index is 1.65. The molecule has 266 valence electrons. The second kappa shape index (κ2) is 14.8. The monoisotopic (exact) mass is 700 g/mol. The lowest BCUT2D eigenvalue weighted by Crippen LogP contribution is -2.15. The highest BCUT2D eigenvalue weighted by atomic mass is 16.5. The summed E-state index contributed by atoms with van der Waals surface area (Å²) < 4.78 is 35.5. The average molecular weight is 701 g/mol. The summed E-state index contributed by atoms with van der Waals surface area (Å²) in [4.78, 5) is 28.0. The molecule has 0 aromatic heterocycles. The van der Waals surface area contributed by atoms with E-state index in [-0.39, 0.29) is 11.8 Å². The lowest BCUT2D eigenvalue weighted by Gasteiger charge is -2.24. The number of ether oxygens (including phenoxy) is 6. The summed E-state index contributed by atoms with van der Waals surface area (Å²) in [5, 5.41) is 8.42. The number of anilines is 2. The standard InChI is InChI=1S/C42H40N2O8/c1-23-19-27-29(21-31(47-3)39(51-7)35(27)41(45)43-25-15-11-9-12-16-25)37(49-5)33(23)34-24(2)20-28-30(38(34)50-6)22-32(48-4)40(52-8)36(28)42(46)44-26-17-13-10-14-18-26/h9-22H,1-8H3,(H,43,45)(H,44,46). The van der Waals surface area contributed by atoms with Gasteiger partial charge in [0, 0.05) is 44.0 Å². The van der Waals surface area contributed by atoms with Gasteiger partial charge in [-0.2, -0.15) is 0 Å². The number of amides is 2. The first kappa shape index (κ1) is 35.4. The van der Waals surface area contributed by atoms with Gasteiger partial charge in [0.1, 0.15) is 11.5 Å². The Kier molecular flexibility index (Phi) is 10.1. The van der Waals surface area contributed by atoms with Crippen molar-refractivity contribution in [1.29, 1.82) is 0 Å². The minimum absolute atomic E-state index is 0.291. The number of carbonyl (C=O) groups is 2. The van der Waals surface area contributed by atoms with Crippen LogP contribution in [-0.2, 0) is 0 Å². The zero-order chi connectivity index (χ0) is 37.1. The number of hydrogen-bond acceptors (Lipinski definition) is 8. The fourth-order valence-electron chi connectivity index (χ4n) is 6.82. The fraction of sp³-hybridized carbons (Fsp3) is 0.190. The van der Waals surface area contributed by atoms with Crippen LogP contribution in [0.5, 0.6) is 34.5 Å². The Morgan fingerprint density at radius 1 is 0.442 bits per heavy atom. The van der Waals surface area contributed by atoms with Crippen molar-refractivity contribution < 1.29 is 38.0 Å². The van der Waals surface area contributed by atoms with Crippen molar-refractivity contribution in [1.82, 2.24) is 0 Å². The van der Waals surface area contributed by atoms with Gasteiger partial charge in [-0.05, 0) is 73.5 Å². The van der Waals surface area contributed by atoms with E-state index < -0.39 is 0 Å². The molecule has 2 amide bonds. The molecule has 6 rings (SSSR count). The SMILES string of the molecule is COc1cc2c(OC)c(-c3c(C)cc4c(C(=O)Nc5ccccc5)c(OC)c(OC)cc4c3OC)c(C)cc2c(C(=O)Nc2ccccc2)c1OC. The van der Waals surface area contributed by atoms with Crippen molar-refractivity contribution in [3.8, 4) is 45.6 Å². The molecule has 0 atom stereocenters. The molecule has 0 spiro atoms. The average Bonchev–Trinajstić information content (AvgIpc) is 3.16. The van der Waals surface area contributed by atoms with E-state index in [4.69, 9.17) is 28.4 Å². The molecule has 0 saturated heterocycles. The summed E-state index contributed by atoms with van der Waals surface area (Å²) in [5.74, 6) is 1.54. The van der Waals surface area contributed by atoms with E-state index in [1.807, 2.05) is 86.6 Å². The molecule has 10 heteroatoms. The van der Waals surface area contributed by atoms with Gasteiger partial charge in [0.2, 0.25) is 0 Å². The summed E-state index contributed by atoms with van der Waals surface area (Å²) in [7, 11) is 9.22. The molecule has 0 fully saturated rings. The van der Waals surface area contributed by atoms with Gasteiger partial charge in [0.25, 0.3) is 11.8 Å². The third-order valence-electron chi connectivity index (χ3n) is 9.05. The Labute approximate surface area is 302 Å². The third-order valence-corrected chi connectivity index (χ3v) is 9.05. The molecule has 0 saturated carbocycles. The molecule has 10 nitrogen and oxygen atoms in total. The molecule has 0 heterocycles. The van der Waals surface area contributed by atoms with Crippen LogP contribution >= 0.6 is 0 Å². The molecular weight excluding hydrogens is 660 g/mol. The normalized spacial score (nSPS) is 10.8. The van der Waals surface area contributed by atoms with E-state index in [1.54, 1.807) is 26.4 Å². The zero-order valence-electron chi connectivity index (χ0n) is 30.3. The molecule has 0 aliphatic carbocycles. The summed E-state index contributed by atoms with van der Waals surface area (Å²) in [6, 6.07) is 25.9. The van der Waals surface area contributed by atoms with Gasteiger partial charge in [-0.1, -0.05) is 36.4 Å². The Morgan fingerprint density at radius 3 is 1.10 bits per heavy atom. The number of para-hydroxylation sites is 2. The number of methoxy groups -OCH3 is 6. The van der Waals surface area contributed by atoms with Gasteiger partial charge in [-0.25, -0.2) is 0 Å². The van der Waals surface area contributed by atoms with Crippen LogP contribution in [0.1, 0.15) is 31.8 Å². The molecule has 0 radical (unpaired) electrons. The van der Waals surface area contributed by atoms with Crippen LogP contribution in [-0.4, -0.2) is 54.5 Å². The Morgan fingerprint density at radius 2 is 0.788 bits per heavy atom. The third kappa shape index (κ3) is 6.12. The van der Waals surface area contributed by atoms with Crippen LogP contribution in [0, 0.1) is 13.8 Å². The molecule has 2 N–H and O–H groups in total. The maximum absolute atomic E-state index is 14.0. The van der Waals surface area contributed by atoms with Crippen LogP contribution in [0.3, 0.4) is 0 Å². The largest absolute Gasteiger partial charge is 0.495 e. The maximum atomic E-state index is 14.0. The predicted octanol–water partition coefficient (Wildman–Crippen LogP) is 8.83. The first-order valence-electron chi connectivity index (χ1n) is 16.5. The van der Waals surface area contributed by atoms with E-state index in [9.17, 15) is 9.59 Å². The summed E-state index contributed by atoms with van der Waals surface area (Å²) in [6.07, 6.45) is 0. The minimum Gasteiger partial charge on any atom is -0.495 e. The van der Waals surface area contributed by atoms with Gasteiger partial charge >= 0.3 is 0 Å². The first-order chi connectivity index (χ1) is 25.2. The smallest absolute Gasteiger partial charge is 0.260 e. The molecule has 0 unspecified atom stereocenters. The second-order valence-electron chi connectivity index (χ2n) is 12.0. The number of fused-ring (bicyclic) bond motifs is 2. The quantitative estimate of drug-likeness (QED) is 0.138. The van der Waals surface area contributed by atoms with Gasteiger partial charge in [0.05, 0.1) is 53.8 Å². The van der Waals surface area contributed by atoms with E-state index in [2.05, 4.69) is 10.6 Å². The van der Waals surface area contributed by atoms with Gasteiger partial charge in [-0.3, -0.25) is 9.59 Å². The summed E-state index contributed by atoms with van der Waals surface area (Å²) in [5.41, 5.74) is 4.92. The molecule has 6 aromatic rings. The molecular formula is C42H40N2O8. The van der Waals surface area contributed by atoms with Gasteiger partial charge in [-0.15, -0.1) is 0 Å². The number of benzene rings is 6. The van der Waals surface area contributed by atoms with Crippen LogP contribution in [0.15, 0.2) is 84.9 Å². The fourth-order valence-corrected chi connectivity index (χ4v) is 6.82. The topological polar surface area (TPSA) is 114 Å². The molecule has 0 bridgehead atoms. The van der Waals surface area contributed by atoms with E-state index in [0.717, 1.165) is 22.3 Å². The molecule has 0 aliphatic heterocycles. The van der Waals surface area contributed by atoms with Crippen LogP contribution < -0.4 is 39.1 Å². The molecule has 52 heavy (non-hydrogen) atoms. The lowest BCUT2D eigenvalue weighted by molar-refractivity contribution is 0.101. The molecule has 0 aliphatic rings. The molecule has 6 aromatic carbocycles. The van der Waals surface area contributed by atoms with Crippen molar-refractivity contribution in [3.05, 3.63) is 107 Å².